The van der Waals surface area contributed by atoms with Crippen LogP contribution in [0.3, 0.4) is 0 Å². The summed E-state index contributed by atoms with van der Waals surface area (Å²) in [4.78, 5) is 2.60. The van der Waals surface area contributed by atoms with Gasteiger partial charge in [0, 0.05) is 37.2 Å². The van der Waals surface area contributed by atoms with Crippen molar-refractivity contribution in [2.45, 2.75) is 51.4 Å². The fourth-order valence-electron chi connectivity index (χ4n) is 6.54. The van der Waals surface area contributed by atoms with Crippen LogP contribution in [0.2, 0.25) is 0 Å². The minimum atomic E-state index is -0.182. The Balaban J connectivity index is 1.30. The first-order valence-corrected chi connectivity index (χ1v) is 15.4. The summed E-state index contributed by atoms with van der Waals surface area (Å²) in [7, 11) is 3.26. The molecule has 7 nitrogen and oxygen atoms in total. The topological polar surface area (TPSA) is 58.6 Å². The Morgan fingerprint density at radius 3 is 2.38 bits per heavy atom. The first-order valence-electron chi connectivity index (χ1n) is 15.4. The molecule has 3 aliphatic rings. The lowest BCUT2D eigenvalue weighted by Gasteiger charge is -2.47. The lowest BCUT2D eigenvalue weighted by molar-refractivity contribution is 0.00814. The molecular formula is C35H47NO6. The van der Waals surface area contributed by atoms with Gasteiger partial charge in [-0.05, 0) is 93.6 Å². The van der Waals surface area contributed by atoms with Crippen LogP contribution in [0.25, 0.3) is 0 Å². The predicted molar refractivity (Wildman–Crippen MR) is 164 cm³/mol. The summed E-state index contributed by atoms with van der Waals surface area (Å²) in [5.41, 5.74) is 2.24. The number of likely N-dealkylation sites (tertiary alicyclic amines) is 1. The highest BCUT2D eigenvalue weighted by molar-refractivity contribution is 5.50. The van der Waals surface area contributed by atoms with E-state index in [4.69, 9.17) is 28.4 Å². The SMILES string of the molecule is COCOC1=CCC(C2(C)COc3cc(OCOC)ccc3C2c2ccc(OCCCCN3CCCCC3)cc2)C=C1. The molecule has 1 aliphatic carbocycles. The number of hydrogen-bond donors (Lipinski definition) is 0. The van der Waals surface area contributed by atoms with E-state index in [0.29, 0.717) is 6.61 Å². The third-order valence-electron chi connectivity index (χ3n) is 8.89. The number of nitrogens with zero attached hydrogens (tertiary/aromatic N) is 1. The normalized spacial score (nSPS) is 23.9. The lowest BCUT2D eigenvalue weighted by Crippen LogP contribution is -2.42. The predicted octanol–water partition coefficient (Wildman–Crippen LogP) is 6.93. The van der Waals surface area contributed by atoms with E-state index >= 15 is 0 Å². The number of fused-ring (bicyclic) bond motifs is 1. The fraction of sp³-hybridized carbons (Fsp3) is 0.543. The van der Waals surface area contributed by atoms with Crippen LogP contribution in [0.1, 0.15) is 62.5 Å². The minimum Gasteiger partial charge on any atom is -0.494 e. The molecule has 228 valence electrons. The maximum Gasteiger partial charge on any atom is 0.188 e. The highest BCUT2D eigenvalue weighted by atomic mass is 16.7. The van der Waals surface area contributed by atoms with E-state index in [2.05, 4.69) is 60.4 Å². The molecule has 2 aliphatic heterocycles. The Hall–Kier alpha value is -3.00. The van der Waals surface area contributed by atoms with Gasteiger partial charge < -0.3 is 33.3 Å². The smallest absolute Gasteiger partial charge is 0.188 e. The number of ether oxygens (including phenoxy) is 6. The van der Waals surface area contributed by atoms with Gasteiger partial charge in [0.2, 0.25) is 0 Å². The van der Waals surface area contributed by atoms with E-state index in [1.807, 2.05) is 12.1 Å². The van der Waals surface area contributed by atoms with Gasteiger partial charge in [-0.3, -0.25) is 0 Å². The first-order chi connectivity index (χ1) is 20.6. The second-order valence-electron chi connectivity index (χ2n) is 11.9. The quantitative estimate of drug-likeness (QED) is 0.178. The van der Waals surface area contributed by atoms with Crippen molar-refractivity contribution in [1.29, 1.82) is 0 Å². The van der Waals surface area contributed by atoms with E-state index < -0.39 is 0 Å². The van der Waals surface area contributed by atoms with Gasteiger partial charge in [0.05, 0.1) is 13.2 Å². The zero-order valence-corrected chi connectivity index (χ0v) is 25.5. The number of methoxy groups -OCH3 is 2. The van der Waals surface area contributed by atoms with Crippen LogP contribution in [-0.2, 0) is 14.2 Å². The Labute approximate surface area is 251 Å². The number of hydrogen-bond acceptors (Lipinski definition) is 7. The summed E-state index contributed by atoms with van der Waals surface area (Å²) in [5, 5.41) is 0. The summed E-state index contributed by atoms with van der Waals surface area (Å²) < 4.78 is 34.2. The molecule has 0 N–H and O–H groups in total. The molecular weight excluding hydrogens is 530 g/mol. The summed E-state index contributed by atoms with van der Waals surface area (Å²) in [6, 6.07) is 14.8. The standard InChI is InChI=1S/C35H47NO6/c1-35(28-11-15-30(16-12-28)41-25-37-2)24-40-33-23-31(42-26-38-3)17-18-32(33)34(35)27-9-13-29(14-10-27)39-22-8-7-21-36-19-5-4-6-20-36/h9-11,13-18,23,28,34H,4-8,12,19-22,24-26H2,1-3H3. The van der Waals surface area contributed by atoms with Crippen molar-refractivity contribution < 1.29 is 28.4 Å². The van der Waals surface area contributed by atoms with Gasteiger partial charge in [-0.25, -0.2) is 0 Å². The van der Waals surface area contributed by atoms with Crippen LogP contribution in [0.4, 0.5) is 0 Å². The average molecular weight is 578 g/mol. The van der Waals surface area contributed by atoms with Crippen molar-refractivity contribution in [2.75, 3.05) is 60.7 Å². The van der Waals surface area contributed by atoms with Crippen LogP contribution >= 0.6 is 0 Å². The number of piperidine rings is 1. The molecule has 2 heterocycles. The lowest BCUT2D eigenvalue weighted by atomic mass is 9.61. The first kappa shape index (κ1) is 30.5. The summed E-state index contributed by atoms with van der Waals surface area (Å²) in [6.07, 6.45) is 13.7. The van der Waals surface area contributed by atoms with Crippen molar-refractivity contribution in [1.82, 2.24) is 4.90 Å². The van der Waals surface area contributed by atoms with E-state index in [9.17, 15) is 0 Å². The monoisotopic (exact) mass is 577 g/mol. The maximum atomic E-state index is 6.45. The molecule has 1 fully saturated rings. The third kappa shape index (κ3) is 7.49. The van der Waals surface area contributed by atoms with Crippen LogP contribution < -0.4 is 14.2 Å². The van der Waals surface area contributed by atoms with Crippen molar-refractivity contribution in [3.63, 3.8) is 0 Å². The molecule has 3 unspecified atom stereocenters. The molecule has 42 heavy (non-hydrogen) atoms. The maximum absolute atomic E-state index is 6.45. The molecule has 3 atom stereocenters. The highest BCUT2D eigenvalue weighted by Crippen LogP contribution is 2.54. The molecule has 2 aromatic carbocycles. The summed E-state index contributed by atoms with van der Waals surface area (Å²) in [5.74, 6) is 3.77. The number of benzene rings is 2. The zero-order valence-electron chi connectivity index (χ0n) is 25.5. The van der Waals surface area contributed by atoms with Gasteiger partial charge >= 0.3 is 0 Å². The molecule has 0 saturated carbocycles. The molecule has 7 heteroatoms. The Kier molecular flexibility index (Phi) is 10.8. The van der Waals surface area contributed by atoms with Crippen molar-refractivity contribution in [2.24, 2.45) is 11.3 Å². The number of allylic oxidation sites excluding steroid dienone is 3. The number of unbranched alkanes of at least 4 members (excludes halogenated alkanes) is 1. The van der Waals surface area contributed by atoms with Crippen molar-refractivity contribution in [3.8, 4) is 17.2 Å². The van der Waals surface area contributed by atoms with Crippen LogP contribution in [0.15, 0.2) is 66.5 Å². The molecule has 0 radical (unpaired) electrons. The van der Waals surface area contributed by atoms with Gasteiger partial charge in [0.25, 0.3) is 0 Å². The second-order valence-corrected chi connectivity index (χ2v) is 11.9. The van der Waals surface area contributed by atoms with Gasteiger partial charge in [-0.1, -0.05) is 37.6 Å². The molecule has 2 aromatic rings. The Morgan fingerprint density at radius 1 is 0.881 bits per heavy atom. The van der Waals surface area contributed by atoms with Crippen LogP contribution in [0.5, 0.6) is 17.2 Å². The molecule has 0 amide bonds. The molecule has 5 rings (SSSR count). The minimum absolute atomic E-state index is 0.126. The van der Waals surface area contributed by atoms with Gasteiger partial charge in [0.15, 0.2) is 13.6 Å². The Bertz CT molecular complexity index is 1190. The largest absolute Gasteiger partial charge is 0.494 e. The number of rotatable bonds is 14. The van der Waals surface area contributed by atoms with E-state index in [0.717, 1.165) is 42.5 Å². The van der Waals surface area contributed by atoms with Gasteiger partial charge in [-0.15, -0.1) is 0 Å². The van der Waals surface area contributed by atoms with Crippen molar-refractivity contribution in [3.05, 3.63) is 77.6 Å². The molecule has 0 aromatic heterocycles. The van der Waals surface area contributed by atoms with Crippen LogP contribution in [-0.4, -0.2) is 65.6 Å². The highest BCUT2D eigenvalue weighted by Gasteiger charge is 2.46. The zero-order chi connectivity index (χ0) is 29.2. The van der Waals surface area contributed by atoms with E-state index in [-0.39, 0.29) is 30.8 Å². The van der Waals surface area contributed by atoms with Crippen LogP contribution in [0, 0.1) is 11.3 Å². The van der Waals surface area contributed by atoms with E-state index in [1.54, 1.807) is 14.2 Å². The summed E-state index contributed by atoms with van der Waals surface area (Å²) >= 11 is 0. The van der Waals surface area contributed by atoms with E-state index in [1.165, 1.54) is 56.4 Å². The second kappa shape index (κ2) is 14.9. The van der Waals surface area contributed by atoms with Gasteiger partial charge in [0.1, 0.15) is 23.0 Å². The molecule has 1 saturated heterocycles. The van der Waals surface area contributed by atoms with Crippen molar-refractivity contribution >= 4 is 0 Å². The summed E-state index contributed by atoms with van der Waals surface area (Å²) in [6.45, 7) is 7.83. The van der Waals surface area contributed by atoms with Gasteiger partial charge in [-0.2, -0.15) is 0 Å². The average Bonchev–Trinajstić information content (AvgIpc) is 3.04. The molecule has 0 bridgehead atoms. The Morgan fingerprint density at radius 2 is 1.64 bits per heavy atom. The molecule has 0 spiro atoms. The fourth-order valence-corrected chi connectivity index (χ4v) is 6.54. The third-order valence-corrected chi connectivity index (χ3v) is 8.89.